The van der Waals surface area contributed by atoms with Crippen molar-refractivity contribution in [3.63, 3.8) is 0 Å². The van der Waals surface area contributed by atoms with E-state index in [0.29, 0.717) is 0 Å². The van der Waals surface area contributed by atoms with Gasteiger partial charge in [-0.25, -0.2) is 4.68 Å². The largest absolute Gasteiger partial charge is 0.370 e. The molecule has 3 aromatic carbocycles. The highest BCUT2D eigenvalue weighted by atomic mass is 15.3. The van der Waals surface area contributed by atoms with Crippen LogP contribution in [-0.2, 0) is 6.42 Å². The van der Waals surface area contributed by atoms with Crippen LogP contribution in [0.5, 0.6) is 0 Å². The van der Waals surface area contributed by atoms with Crippen LogP contribution in [0.4, 0.5) is 5.82 Å². The Labute approximate surface area is 166 Å². The summed E-state index contributed by atoms with van der Waals surface area (Å²) in [6.07, 6.45) is 3.44. The maximum atomic E-state index is 5.18. The van der Waals surface area contributed by atoms with E-state index >= 15 is 0 Å². The van der Waals surface area contributed by atoms with E-state index < -0.39 is 0 Å². The summed E-state index contributed by atoms with van der Waals surface area (Å²) in [5.41, 5.74) is 7.34. The maximum Gasteiger partial charge on any atom is 0.133 e. The van der Waals surface area contributed by atoms with E-state index in [1.54, 1.807) is 0 Å². The van der Waals surface area contributed by atoms with Crippen LogP contribution in [0.2, 0.25) is 0 Å². The highest BCUT2D eigenvalue weighted by Crippen LogP contribution is 2.37. The molecule has 1 aliphatic rings. The van der Waals surface area contributed by atoms with Crippen molar-refractivity contribution >= 4 is 16.6 Å². The van der Waals surface area contributed by atoms with Gasteiger partial charge in [0, 0.05) is 17.7 Å². The average molecular weight is 367 g/mol. The third kappa shape index (κ3) is 2.78. The molecule has 5 rings (SSSR count). The number of rotatable bonds is 2. The third-order valence-electron chi connectivity index (χ3n) is 5.77. The molecule has 3 heteroatoms. The predicted octanol–water partition coefficient (Wildman–Crippen LogP) is 6.06. The van der Waals surface area contributed by atoms with Gasteiger partial charge in [-0.05, 0) is 61.1 Å². The Kier molecular flexibility index (Phi) is 4.16. The Morgan fingerprint density at radius 3 is 2.71 bits per heavy atom. The van der Waals surface area contributed by atoms with E-state index in [0.717, 1.165) is 30.2 Å². The molecule has 0 amide bonds. The van der Waals surface area contributed by atoms with Gasteiger partial charge in [-0.1, -0.05) is 54.6 Å². The van der Waals surface area contributed by atoms with E-state index in [1.165, 1.54) is 45.9 Å². The average Bonchev–Trinajstić information content (AvgIpc) is 2.90. The first-order valence-corrected chi connectivity index (χ1v) is 10.1. The quantitative estimate of drug-likeness (QED) is 0.467. The summed E-state index contributed by atoms with van der Waals surface area (Å²) < 4.78 is 2.14. The number of aromatic nitrogens is 2. The summed E-state index contributed by atoms with van der Waals surface area (Å²) in [5, 5.41) is 11.4. The number of hydrogen-bond donors (Lipinski definition) is 1. The zero-order valence-electron chi connectivity index (χ0n) is 16.5. The van der Waals surface area contributed by atoms with E-state index in [-0.39, 0.29) is 0 Å². The van der Waals surface area contributed by atoms with Crippen LogP contribution in [0.1, 0.15) is 29.5 Å². The smallest absolute Gasteiger partial charge is 0.133 e. The lowest BCUT2D eigenvalue weighted by Gasteiger charge is -2.12. The monoisotopic (exact) mass is 367 g/mol. The second-order valence-corrected chi connectivity index (χ2v) is 7.79. The molecule has 0 fully saturated rings. The normalized spacial score (nSPS) is 13.8. The van der Waals surface area contributed by atoms with E-state index in [9.17, 15) is 0 Å². The molecule has 0 bridgehead atoms. The highest BCUT2D eigenvalue weighted by Gasteiger charge is 2.23. The Bertz CT molecular complexity index is 1160. The molecular weight excluding hydrogens is 342 g/mol. The van der Waals surface area contributed by atoms with Crippen LogP contribution in [0.25, 0.3) is 27.7 Å². The fraction of sp³-hybridized carbons (Fsp3) is 0.240. The van der Waals surface area contributed by atoms with Crippen LogP contribution in [0.3, 0.4) is 0 Å². The third-order valence-corrected chi connectivity index (χ3v) is 5.77. The van der Waals surface area contributed by atoms with Gasteiger partial charge in [0.05, 0.1) is 11.4 Å². The molecule has 3 nitrogen and oxygen atoms in total. The zero-order valence-corrected chi connectivity index (χ0v) is 16.5. The molecule has 0 saturated carbocycles. The first-order chi connectivity index (χ1) is 13.7. The lowest BCUT2D eigenvalue weighted by molar-refractivity contribution is 0.779. The topological polar surface area (TPSA) is 29.9 Å². The van der Waals surface area contributed by atoms with Crippen molar-refractivity contribution in [2.24, 2.45) is 0 Å². The van der Waals surface area contributed by atoms with Gasteiger partial charge in [0.25, 0.3) is 0 Å². The number of anilines is 1. The summed E-state index contributed by atoms with van der Waals surface area (Å²) >= 11 is 0. The number of fused-ring (bicyclic) bond motifs is 2. The van der Waals surface area contributed by atoms with Gasteiger partial charge < -0.3 is 5.32 Å². The molecule has 0 unspecified atom stereocenters. The molecular formula is C25H25N3. The van der Waals surface area contributed by atoms with Crippen molar-refractivity contribution in [3.8, 4) is 16.9 Å². The summed E-state index contributed by atoms with van der Waals surface area (Å²) in [6, 6.07) is 21.7. The molecule has 4 aromatic rings. The first kappa shape index (κ1) is 17.1. The van der Waals surface area contributed by atoms with Crippen LogP contribution in [0.15, 0.2) is 60.7 Å². The van der Waals surface area contributed by atoms with Crippen molar-refractivity contribution < 1.29 is 0 Å². The van der Waals surface area contributed by atoms with Gasteiger partial charge in [-0.15, -0.1) is 0 Å². The zero-order chi connectivity index (χ0) is 19.1. The summed E-state index contributed by atoms with van der Waals surface area (Å²) in [7, 11) is 0. The van der Waals surface area contributed by atoms with Crippen molar-refractivity contribution in [2.75, 3.05) is 11.9 Å². The molecule has 0 spiro atoms. The molecule has 1 aromatic heterocycles. The van der Waals surface area contributed by atoms with Gasteiger partial charge in [-0.3, -0.25) is 0 Å². The molecule has 1 N–H and O–H groups in total. The molecule has 0 aliphatic carbocycles. The fourth-order valence-electron chi connectivity index (χ4n) is 4.27. The Hall–Kier alpha value is -3.07. The van der Waals surface area contributed by atoms with Crippen LogP contribution in [-0.4, -0.2) is 16.3 Å². The van der Waals surface area contributed by atoms with Gasteiger partial charge in [-0.2, -0.15) is 5.10 Å². The molecule has 0 saturated heterocycles. The summed E-state index contributed by atoms with van der Waals surface area (Å²) in [5.74, 6) is 1.16. The number of hydrogen-bond acceptors (Lipinski definition) is 2. The molecule has 1 aliphatic heterocycles. The number of benzene rings is 3. The Morgan fingerprint density at radius 1 is 0.929 bits per heavy atom. The van der Waals surface area contributed by atoms with Crippen molar-refractivity contribution in [2.45, 2.75) is 33.1 Å². The maximum absolute atomic E-state index is 5.18. The molecule has 2 heterocycles. The van der Waals surface area contributed by atoms with Crippen LogP contribution in [0, 0.1) is 13.8 Å². The molecule has 0 atom stereocenters. The minimum absolute atomic E-state index is 0.999. The van der Waals surface area contributed by atoms with E-state index in [4.69, 9.17) is 5.10 Å². The lowest BCUT2D eigenvalue weighted by Crippen LogP contribution is -2.08. The molecule has 0 radical (unpaired) electrons. The van der Waals surface area contributed by atoms with Crippen LogP contribution >= 0.6 is 0 Å². The summed E-state index contributed by atoms with van der Waals surface area (Å²) in [6.45, 7) is 5.31. The minimum atomic E-state index is 0.999. The van der Waals surface area contributed by atoms with Crippen LogP contribution < -0.4 is 5.32 Å². The van der Waals surface area contributed by atoms with Gasteiger partial charge in [0.15, 0.2) is 0 Å². The number of nitrogens with zero attached hydrogens (tertiary/aromatic N) is 2. The molecule has 28 heavy (non-hydrogen) atoms. The van der Waals surface area contributed by atoms with Crippen molar-refractivity contribution in [3.05, 3.63) is 77.4 Å². The molecule has 140 valence electrons. The minimum Gasteiger partial charge on any atom is -0.370 e. The second kappa shape index (κ2) is 6.83. The van der Waals surface area contributed by atoms with Gasteiger partial charge in [0.2, 0.25) is 0 Å². The summed E-state index contributed by atoms with van der Waals surface area (Å²) in [4.78, 5) is 0. The van der Waals surface area contributed by atoms with Gasteiger partial charge >= 0.3 is 0 Å². The lowest BCUT2D eigenvalue weighted by atomic mass is 9.98. The van der Waals surface area contributed by atoms with Crippen molar-refractivity contribution in [1.82, 2.24) is 9.78 Å². The standard InChI is InChI=1S/C25H25N3/c1-17-13-14-18(2)23(16-17)28-25-22(11-5-6-15-26-25)24(27-28)21-12-7-9-19-8-3-4-10-20(19)21/h3-4,7-10,12-14,16,26H,5-6,11,15H2,1-2H3. The van der Waals surface area contributed by atoms with Gasteiger partial charge in [0.1, 0.15) is 5.82 Å². The number of aryl methyl sites for hydroxylation is 2. The highest BCUT2D eigenvalue weighted by molar-refractivity contribution is 5.97. The van der Waals surface area contributed by atoms with E-state index in [2.05, 4.69) is 84.5 Å². The fourth-order valence-corrected chi connectivity index (χ4v) is 4.27. The SMILES string of the molecule is Cc1ccc(C)c(-n2nc(-c3cccc4ccccc34)c3c2NCCCC3)c1. The number of nitrogens with one attached hydrogen (secondary N) is 1. The van der Waals surface area contributed by atoms with E-state index in [1.807, 2.05) is 0 Å². The van der Waals surface area contributed by atoms with Crippen molar-refractivity contribution in [1.29, 1.82) is 0 Å². The second-order valence-electron chi connectivity index (χ2n) is 7.79. The Morgan fingerprint density at radius 2 is 1.79 bits per heavy atom. The first-order valence-electron chi connectivity index (χ1n) is 10.1. The Balaban J connectivity index is 1.80. The predicted molar refractivity (Wildman–Crippen MR) is 117 cm³/mol.